The summed E-state index contributed by atoms with van der Waals surface area (Å²) in [6, 6.07) is 0.697. The van der Waals surface area contributed by atoms with Gasteiger partial charge in [-0.3, -0.25) is 14.9 Å². The van der Waals surface area contributed by atoms with Crippen molar-refractivity contribution in [2.24, 2.45) is 5.73 Å². The van der Waals surface area contributed by atoms with Gasteiger partial charge in [0.15, 0.2) is 18.1 Å². The second-order valence-corrected chi connectivity index (χ2v) is 3.86. The Labute approximate surface area is 121 Å². The average molecular weight is 321 g/mol. The maximum absolute atomic E-state index is 12.2. The van der Waals surface area contributed by atoms with E-state index in [-0.39, 0.29) is 0 Å². The van der Waals surface area contributed by atoms with Gasteiger partial charge in [-0.1, -0.05) is 0 Å². The lowest BCUT2D eigenvalue weighted by molar-refractivity contribution is -0.153. The Hall–Kier alpha value is -2.69. The molecule has 0 aliphatic carbocycles. The van der Waals surface area contributed by atoms with Crippen molar-refractivity contribution in [3.63, 3.8) is 0 Å². The van der Waals surface area contributed by atoms with Crippen molar-refractivity contribution in [2.45, 2.75) is 6.18 Å². The summed E-state index contributed by atoms with van der Waals surface area (Å²) >= 11 is 0. The summed E-state index contributed by atoms with van der Waals surface area (Å²) in [5, 5.41) is 10.5. The summed E-state index contributed by atoms with van der Waals surface area (Å²) in [5.74, 6) is -4.26. The number of hydrogen-bond acceptors (Lipinski definition) is 6. The Morgan fingerprint density at radius 1 is 1.36 bits per heavy atom. The molecule has 0 radical (unpaired) electrons. The highest BCUT2D eigenvalue weighted by Gasteiger charge is 2.30. The molecule has 0 unspecified atom stereocenters. The number of alkyl halides is 3. The van der Waals surface area contributed by atoms with Gasteiger partial charge in [0.25, 0.3) is 5.91 Å². The first kappa shape index (κ1) is 17.4. The highest BCUT2D eigenvalue weighted by atomic mass is 19.4. The Balaban J connectivity index is 3.11. The number of carboxylic acids is 1. The molecule has 0 saturated heterocycles. The fraction of sp³-hybridized carbons (Fsp3) is 0.273. The molecule has 0 aromatic carbocycles. The molecule has 0 atom stereocenters. The topological polar surface area (TPSA) is 132 Å². The maximum Gasteiger partial charge on any atom is 0.422 e. The van der Waals surface area contributed by atoms with Gasteiger partial charge in [0.2, 0.25) is 5.91 Å². The highest BCUT2D eigenvalue weighted by Crippen LogP contribution is 2.22. The SMILES string of the molecule is NCC(=O)NC(=O)c1ncc(C(=O)O)cc1OCC(F)(F)F. The third-order valence-electron chi connectivity index (χ3n) is 2.14. The number of hydrogen-bond donors (Lipinski definition) is 3. The third kappa shape index (κ3) is 5.01. The van der Waals surface area contributed by atoms with Crippen molar-refractivity contribution in [3.05, 3.63) is 23.5 Å². The van der Waals surface area contributed by atoms with Gasteiger partial charge in [-0.05, 0) is 6.07 Å². The van der Waals surface area contributed by atoms with Gasteiger partial charge in [-0.25, -0.2) is 9.78 Å². The number of ether oxygens (including phenoxy) is 1. The van der Waals surface area contributed by atoms with E-state index in [1.165, 1.54) is 0 Å². The zero-order chi connectivity index (χ0) is 16.9. The number of pyridine rings is 1. The van der Waals surface area contributed by atoms with Crippen LogP contribution < -0.4 is 15.8 Å². The highest BCUT2D eigenvalue weighted by molar-refractivity contribution is 6.05. The molecule has 22 heavy (non-hydrogen) atoms. The number of halogens is 3. The fourth-order valence-electron chi connectivity index (χ4n) is 1.24. The summed E-state index contributed by atoms with van der Waals surface area (Å²) in [7, 11) is 0. The molecule has 0 aliphatic rings. The second-order valence-electron chi connectivity index (χ2n) is 3.86. The standard InChI is InChI=1S/C11H10F3N3O5/c12-11(13,14)4-22-6-1-5(10(20)21)3-16-8(6)9(19)17-7(18)2-15/h1,3H,2,4,15H2,(H,20,21)(H,17,18,19). The smallest absolute Gasteiger partial charge is 0.422 e. The van der Waals surface area contributed by atoms with Crippen LogP contribution in [-0.2, 0) is 4.79 Å². The second kappa shape index (κ2) is 6.85. The van der Waals surface area contributed by atoms with E-state index in [1.807, 2.05) is 0 Å². The molecule has 1 aromatic heterocycles. The number of nitrogens with zero attached hydrogens (tertiary/aromatic N) is 1. The third-order valence-corrected chi connectivity index (χ3v) is 2.14. The number of carbonyl (C=O) groups excluding carboxylic acids is 2. The van der Waals surface area contributed by atoms with Crippen LogP contribution in [0.15, 0.2) is 12.3 Å². The maximum atomic E-state index is 12.2. The minimum absolute atomic E-state index is 0.487. The molecule has 120 valence electrons. The number of aromatic nitrogens is 1. The van der Waals surface area contributed by atoms with E-state index in [0.29, 0.717) is 6.07 Å². The summed E-state index contributed by atoms with van der Waals surface area (Å²) in [4.78, 5) is 36.9. The molecule has 0 fully saturated rings. The van der Waals surface area contributed by atoms with Crippen LogP contribution in [0.3, 0.4) is 0 Å². The number of nitrogens with one attached hydrogen (secondary N) is 1. The molecular formula is C11H10F3N3O5. The van der Waals surface area contributed by atoms with E-state index in [4.69, 9.17) is 10.8 Å². The van der Waals surface area contributed by atoms with Gasteiger partial charge in [0.1, 0.15) is 0 Å². The van der Waals surface area contributed by atoms with Crippen LogP contribution in [0.1, 0.15) is 20.8 Å². The van der Waals surface area contributed by atoms with Gasteiger partial charge < -0.3 is 15.6 Å². The monoisotopic (exact) mass is 321 g/mol. The van der Waals surface area contributed by atoms with Crippen molar-refractivity contribution >= 4 is 17.8 Å². The van der Waals surface area contributed by atoms with Crippen molar-refractivity contribution in [3.8, 4) is 5.75 Å². The van der Waals surface area contributed by atoms with Crippen molar-refractivity contribution in [1.82, 2.24) is 10.3 Å². The number of rotatable bonds is 5. The lowest BCUT2D eigenvalue weighted by Crippen LogP contribution is -2.36. The largest absolute Gasteiger partial charge is 0.482 e. The van der Waals surface area contributed by atoms with Crippen LogP contribution in [0.4, 0.5) is 13.2 Å². The molecule has 0 saturated carbocycles. The van der Waals surface area contributed by atoms with Gasteiger partial charge in [0, 0.05) is 6.20 Å². The van der Waals surface area contributed by atoms with Crippen LogP contribution in [0.25, 0.3) is 0 Å². The van der Waals surface area contributed by atoms with Crippen molar-refractivity contribution in [2.75, 3.05) is 13.2 Å². The molecular weight excluding hydrogens is 311 g/mol. The number of amides is 2. The lowest BCUT2D eigenvalue weighted by atomic mass is 10.2. The quantitative estimate of drug-likeness (QED) is 0.692. The van der Waals surface area contributed by atoms with E-state index in [9.17, 15) is 27.6 Å². The van der Waals surface area contributed by atoms with E-state index in [0.717, 1.165) is 6.20 Å². The molecule has 0 aliphatic heterocycles. The van der Waals surface area contributed by atoms with Crippen molar-refractivity contribution in [1.29, 1.82) is 0 Å². The zero-order valence-electron chi connectivity index (χ0n) is 10.8. The molecule has 1 heterocycles. The van der Waals surface area contributed by atoms with Gasteiger partial charge in [0.05, 0.1) is 12.1 Å². The van der Waals surface area contributed by atoms with Crippen LogP contribution in [-0.4, -0.2) is 47.2 Å². The fourth-order valence-corrected chi connectivity index (χ4v) is 1.24. The first-order chi connectivity index (χ1) is 10.1. The first-order valence-electron chi connectivity index (χ1n) is 5.61. The number of carboxylic acid groups (broad SMARTS) is 1. The number of carbonyl (C=O) groups is 3. The lowest BCUT2D eigenvalue weighted by Gasteiger charge is -2.12. The normalized spacial score (nSPS) is 10.9. The molecule has 2 amide bonds. The van der Waals surface area contributed by atoms with Gasteiger partial charge in [-0.15, -0.1) is 0 Å². The Morgan fingerprint density at radius 2 is 2.00 bits per heavy atom. The van der Waals surface area contributed by atoms with E-state index in [1.54, 1.807) is 5.32 Å². The summed E-state index contributed by atoms with van der Waals surface area (Å²) in [6.07, 6.45) is -3.97. The summed E-state index contributed by atoms with van der Waals surface area (Å²) < 4.78 is 40.9. The van der Waals surface area contributed by atoms with Gasteiger partial charge >= 0.3 is 12.1 Å². The minimum Gasteiger partial charge on any atom is -0.482 e. The average Bonchev–Trinajstić information content (AvgIpc) is 2.43. The number of nitrogens with two attached hydrogens (primary N) is 1. The number of imide groups is 1. The van der Waals surface area contributed by atoms with Crippen LogP contribution >= 0.6 is 0 Å². The molecule has 1 rings (SSSR count). The number of aromatic carboxylic acids is 1. The van der Waals surface area contributed by atoms with Crippen LogP contribution in [0.5, 0.6) is 5.75 Å². The minimum atomic E-state index is -4.71. The van der Waals surface area contributed by atoms with Gasteiger partial charge in [-0.2, -0.15) is 13.2 Å². The molecule has 0 spiro atoms. The zero-order valence-corrected chi connectivity index (χ0v) is 10.8. The molecule has 4 N–H and O–H groups in total. The summed E-state index contributed by atoms with van der Waals surface area (Å²) in [5.41, 5.74) is 3.82. The van der Waals surface area contributed by atoms with E-state index in [2.05, 4.69) is 9.72 Å². The predicted octanol–water partition coefficient (Wildman–Crippen LogP) is -0.0640. The first-order valence-corrected chi connectivity index (χ1v) is 5.61. The molecule has 8 nitrogen and oxygen atoms in total. The van der Waals surface area contributed by atoms with Crippen LogP contribution in [0, 0.1) is 0 Å². The molecule has 11 heteroatoms. The van der Waals surface area contributed by atoms with Crippen molar-refractivity contribution < 1.29 is 37.4 Å². The van der Waals surface area contributed by atoms with E-state index >= 15 is 0 Å². The van der Waals surface area contributed by atoms with Crippen LogP contribution in [0.2, 0.25) is 0 Å². The Kier molecular flexibility index (Phi) is 5.40. The Morgan fingerprint density at radius 3 is 2.50 bits per heavy atom. The Bertz CT molecular complexity index is 603. The predicted molar refractivity (Wildman–Crippen MR) is 64.3 cm³/mol. The molecule has 0 bridgehead atoms. The molecule has 1 aromatic rings. The van der Waals surface area contributed by atoms with E-state index < -0.39 is 54.1 Å². The summed E-state index contributed by atoms with van der Waals surface area (Å²) in [6.45, 7) is -2.29.